The number of nitrogens with zero attached hydrogens (tertiary/aromatic N) is 5. The van der Waals surface area contributed by atoms with Crippen LogP contribution in [0.2, 0.25) is 0 Å². The maximum absolute atomic E-state index is 9.56. The zero-order valence-corrected chi connectivity index (χ0v) is 20.2. The molecule has 1 aromatic carbocycles. The predicted molar refractivity (Wildman–Crippen MR) is 137 cm³/mol. The van der Waals surface area contributed by atoms with Crippen molar-refractivity contribution < 1.29 is 5.11 Å². The van der Waals surface area contributed by atoms with Gasteiger partial charge in [0.1, 0.15) is 11.6 Å². The molecule has 1 aliphatic carbocycles. The number of fused-ring (bicyclic) bond motifs is 1. The minimum Gasteiger partial charge on any atom is -0.395 e. The van der Waals surface area contributed by atoms with Crippen molar-refractivity contribution in [2.24, 2.45) is 5.92 Å². The molecule has 176 valence electrons. The summed E-state index contributed by atoms with van der Waals surface area (Å²) in [6, 6.07) is 15.1. The summed E-state index contributed by atoms with van der Waals surface area (Å²) >= 11 is 1.61. The van der Waals surface area contributed by atoms with Gasteiger partial charge in [0, 0.05) is 50.3 Å². The van der Waals surface area contributed by atoms with Gasteiger partial charge in [-0.2, -0.15) is 4.37 Å². The van der Waals surface area contributed by atoms with Crippen LogP contribution in [0, 0.1) is 5.92 Å². The fourth-order valence-corrected chi connectivity index (χ4v) is 6.31. The molecule has 2 aromatic heterocycles. The minimum absolute atomic E-state index is 0.180. The highest BCUT2D eigenvalue weighted by molar-refractivity contribution is 7.13. The Balaban J connectivity index is 1.07. The molecule has 0 amide bonds. The number of pyridine rings is 1. The Hall–Kier alpha value is -2.22. The van der Waals surface area contributed by atoms with Gasteiger partial charge in [0.2, 0.25) is 0 Å². The molecule has 0 spiro atoms. The monoisotopic (exact) mass is 465 g/mol. The Morgan fingerprint density at radius 3 is 2.52 bits per heavy atom. The van der Waals surface area contributed by atoms with Crippen LogP contribution in [-0.2, 0) is 0 Å². The predicted octanol–water partition coefficient (Wildman–Crippen LogP) is 4.26. The fourth-order valence-electron chi connectivity index (χ4n) is 5.51. The van der Waals surface area contributed by atoms with Crippen LogP contribution in [0.15, 0.2) is 48.7 Å². The van der Waals surface area contributed by atoms with E-state index in [1.165, 1.54) is 54.6 Å². The molecule has 2 aliphatic rings. The lowest BCUT2D eigenvalue weighted by Gasteiger charge is -2.39. The number of aliphatic hydroxyl groups is 1. The molecule has 33 heavy (non-hydrogen) atoms. The number of hydrogen-bond donors (Lipinski definition) is 1. The van der Waals surface area contributed by atoms with Crippen LogP contribution in [0.3, 0.4) is 0 Å². The summed E-state index contributed by atoms with van der Waals surface area (Å²) in [4.78, 5) is 12.0. The summed E-state index contributed by atoms with van der Waals surface area (Å²) in [5.74, 6) is 3.00. The Bertz CT molecular complexity index is 996. The summed E-state index contributed by atoms with van der Waals surface area (Å²) in [5.41, 5.74) is 0. The third-order valence-electron chi connectivity index (χ3n) is 7.43. The third kappa shape index (κ3) is 5.31. The summed E-state index contributed by atoms with van der Waals surface area (Å²) in [5, 5.41) is 10.9. The second-order valence-corrected chi connectivity index (χ2v) is 10.2. The third-order valence-corrected chi connectivity index (χ3v) is 8.24. The highest BCUT2D eigenvalue weighted by atomic mass is 32.1. The first-order valence-corrected chi connectivity index (χ1v) is 13.2. The first-order chi connectivity index (χ1) is 16.3. The Morgan fingerprint density at radius 2 is 1.76 bits per heavy atom. The van der Waals surface area contributed by atoms with Gasteiger partial charge in [-0.05, 0) is 80.4 Å². The number of aliphatic hydroxyl groups excluding tert-OH is 1. The second-order valence-electron chi connectivity index (χ2n) is 9.40. The van der Waals surface area contributed by atoms with E-state index in [4.69, 9.17) is 4.37 Å². The maximum Gasteiger partial charge on any atom is 0.150 e. The average Bonchev–Trinajstić information content (AvgIpc) is 3.32. The lowest BCUT2D eigenvalue weighted by Crippen LogP contribution is -2.47. The molecule has 1 aliphatic heterocycles. The lowest BCUT2D eigenvalue weighted by molar-refractivity contribution is 0.213. The molecule has 1 N–H and O–H groups in total. The van der Waals surface area contributed by atoms with Crippen molar-refractivity contribution in [2.45, 2.75) is 38.1 Å². The van der Waals surface area contributed by atoms with Crippen LogP contribution in [0.25, 0.3) is 10.1 Å². The standard InChI is InChI=1S/C26H35N5OS/c32-20-19-31(25-7-3-4-13-27-25)22-10-8-21(9-11-22)12-14-29-15-17-30(18-16-29)26-23-5-1-2-6-24(23)33-28-26/h1-7,13,21-22,32H,8-12,14-20H2. The number of aromatic nitrogens is 2. The first-order valence-electron chi connectivity index (χ1n) is 12.4. The maximum atomic E-state index is 9.56. The van der Waals surface area contributed by atoms with Gasteiger partial charge in [0.05, 0.1) is 11.3 Å². The van der Waals surface area contributed by atoms with E-state index in [0.717, 1.165) is 37.9 Å². The molecular formula is C26H35N5OS. The van der Waals surface area contributed by atoms with Gasteiger partial charge in [-0.25, -0.2) is 4.98 Å². The topological polar surface area (TPSA) is 55.7 Å². The van der Waals surface area contributed by atoms with E-state index in [-0.39, 0.29) is 6.61 Å². The van der Waals surface area contributed by atoms with E-state index in [1.807, 2.05) is 18.3 Å². The molecule has 0 atom stereocenters. The van der Waals surface area contributed by atoms with Crippen molar-refractivity contribution in [3.63, 3.8) is 0 Å². The molecule has 3 heterocycles. The summed E-state index contributed by atoms with van der Waals surface area (Å²) in [7, 11) is 0. The van der Waals surface area contributed by atoms with Gasteiger partial charge in [-0.1, -0.05) is 18.2 Å². The molecule has 1 saturated heterocycles. The van der Waals surface area contributed by atoms with E-state index in [2.05, 4.69) is 50.0 Å². The smallest absolute Gasteiger partial charge is 0.150 e. The van der Waals surface area contributed by atoms with Gasteiger partial charge < -0.3 is 14.9 Å². The quantitative estimate of drug-likeness (QED) is 0.536. The van der Waals surface area contributed by atoms with Crippen LogP contribution < -0.4 is 9.80 Å². The Kier molecular flexibility index (Phi) is 7.39. The first kappa shape index (κ1) is 22.6. The van der Waals surface area contributed by atoms with E-state index in [9.17, 15) is 5.11 Å². The summed E-state index contributed by atoms with van der Waals surface area (Å²) in [6.07, 6.45) is 8.12. The summed E-state index contributed by atoms with van der Waals surface area (Å²) < 4.78 is 6.03. The molecular weight excluding hydrogens is 430 g/mol. The average molecular weight is 466 g/mol. The Labute approximate surface area is 201 Å². The molecule has 0 radical (unpaired) electrons. The van der Waals surface area contributed by atoms with Gasteiger partial charge >= 0.3 is 0 Å². The highest BCUT2D eigenvalue weighted by Gasteiger charge is 2.27. The normalized spacial score (nSPS) is 22.0. The SMILES string of the molecule is OCCN(c1ccccn1)C1CCC(CCN2CCN(c3nsc4ccccc34)CC2)CC1. The highest BCUT2D eigenvalue weighted by Crippen LogP contribution is 2.32. The van der Waals surface area contributed by atoms with Crippen LogP contribution in [-0.4, -0.2) is 71.3 Å². The lowest BCUT2D eigenvalue weighted by atomic mass is 9.83. The minimum atomic E-state index is 0.180. The van der Waals surface area contributed by atoms with Crippen LogP contribution in [0.5, 0.6) is 0 Å². The molecule has 3 aromatic rings. The fraction of sp³-hybridized carbons (Fsp3) is 0.538. The van der Waals surface area contributed by atoms with Gasteiger partial charge in [0.15, 0.2) is 0 Å². The number of hydrogen-bond acceptors (Lipinski definition) is 7. The van der Waals surface area contributed by atoms with E-state index < -0.39 is 0 Å². The van der Waals surface area contributed by atoms with Crippen molar-refractivity contribution in [3.8, 4) is 0 Å². The zero-order valence-electron chi connectivity index (χ0n) is 19.4. The Morgan fingerprint density at radius 1 is 0.970 bits per heavy atom. The number of benzene rings is 1. The van der Waals surface area contributed by atoms with Crippen LogP contribution in [0.4, 0.5) is 11.6 Å². The van der Waals surface area contributed by atoms with Crippen molar-refractivity contribution in [3.05, 3.63) is 48.7 Å². The largest absolute Gasteiger partial charge is 0.395 e. The van der Waals surface area contributed by atoms with Crippen molar-refractivity contribution in [1.82, 2.24) is 14.3 Å². The molecule has 0 unspecified atom stereocenters. The molecule has 7 heteroatoms. The molecule has 2 fully saturated rings. The van der Waals surface area contributed by atoms with Gasteiger partial charge in [0.25, 0.3) is 0 Å². The molecule has 6 nitrogen and oxygen atoms in total. The summed E-state index contributed by atoms with van der Waals surface area (Å²) in [6.45, 7) is 6.46. The van der Waals surface area contributed by atoms with E-state index >= 15 is 0 Å². The van der Waals surface area contributed by atoms with Crippen molar-refractivity contribution in [2.75, 3.05) is 55.7 Å². The molecule has 0 bridgehead atoms. The van der Waals surface area contributed by atoms with Gasteiger partial charge in [-0.15, -0.1) is 0 Å². The molecule has 5 rings (SSSR count). The van der Waals surface area contributed by atoms with Crippen LogP contribution >= 0.6 is 11.5 Å². The van der Waals surface area contributed by atoms with Crippen molar-refractivity contribution in [1.29, 1.82) is 0 Å². The number of rotatable bonds is 8. The zero-order chi connectivity index (χ0) is 22.5. The van der Waals surface area contributed by atoms with Gasteiger partial charge in [-0.3, -0.25) is 4.90 Å². The van der Waals surface area contributed by atoms with E-state index in [0.29, 0.717) is 12.6 Å². The number of piperazine rings is 1. The van der Waals surface area contributed by atoms with Crippen molar-refractivity contribution >= 4 is 33.3 Å². The van der Waals surface area contributed by atoms with E-state index in [1.54, 1.807) is 11.5 Å². The van der Waals surface area contributed by atoms with Crippen LogP contribution in [0.1, 0.15) is 32.1 Å². The second kappa shape index (κ2) is 10.8. The number of anilines is 2. The molecule has 1 saturated carbocycles.